The Kier molecular flexibility index (Phi) is 6.60. The zero-order valence-electron chi connectivity index (χ0n) is 13.6. The van der Waals surface area contributed by atoms with Crippen LogP contribution in [-0.2, 0) is 14.3 Å². The van der Waals surface area contributed by atoms with Crippen LogP contribution in [0.4, 0.5) is 4.79 Å². The molecule has 1 aromatic carbocycles. The first-order valence-electron chi connectivity index (χ1n) is 7.49. The van der Waals surface area contributed by atoms with Crippen molar-refractivity contribution < 1.29 is 23.9 Å². The summed E-state index contributed by atoms with van der Waals surface area (Å²) in [5.74, 6) is -0.402. The molecule has 1 aliphatic heterocycles. The number of rotatable bonds is 6. The van der Waals surface area contributed by atoms with Gasteiger partial charge in [-0.2, -0.15) is 0 Å². The average molecular weight is 476 g/mol. The number of carbonyl (C=O) groups is 3. The van der Waals surface area contributed by atoms with Gasteiger partial charge in [0.05, 0.1) is 15.6 Å². The number of nitrogens with one attached hydrogen (secondary N) is 1. The SMILES string of the molecule is CCOC(=O)COc1c(Br)cc(/C=C2/NC(=O)N(CC)C2=O)cc1Br. The third-order valence-corrected chi connectivity index (χ3v) is 4.43. The molecule has 0 saturated carbocycles. The minimum Gasteiger partial charge on any atom is -0.480 e. The third-order valence-electron chi connectivity index (χ3n) is 3.25. The molecule has 3 amide bonds. The van der Waals surface area contributed by atoms with Gasteiger partial charge in [0.15, 0.2) is 6.61 Å². The Morgan fingerprint density at radius 3 is 2.40 bits per heavy atom. The van der Waals surface area contributed by atoms with E-state index in [0.717, 1.165) is 4.90 Å². The number of carbonyl (C=O) groups excluding carboxylic acids is 3. The molecule has 1 aromatic rings. The van der Waals surface area contributed by atoms with Gasteiger partial charge < -0.3 is 14.8 Å². The Hall–Kier alpha value is -1.87. The highest BCUT2D eigenvalue weighted by atomic mass is 79.9. The molecule has 134 valence electrons. The maximum atomic E-state index is 12.1. The maximum Gasteiger partial charge on any atom is 0.344 e. The van der Waals surface area contributed by atoms with Gasteiger partial charge in [-0.25, -0.2) is 9.59 Å². The van der Waals surface area contributed by atoms with Crippen LogP contribution < -0.4 is 10.1 Å². The Morgan fingerprint density at radius 2 is 1.88 bits per heavy atom. The van der Waals surface area contributed by atoms with Gasteiger partial charge in [-0.05, 0) is 69.5 Å². The summed E-state index contributed by atoms with van der Waals surface area (Å²) in [4.78, 5) is 36.3. The number of likely N-dealkylation sites (N-methyl/N-ethyl adjacent to an activating group) is 1. The minimum atomic E-state index is -0.466. The smallest absolute Gasteiger partial charge is 0.344 e. The molecular formula is C16H16Br2N2O5. The lowest BCUT2D eigenvalue weighted by atomic mass is 10.2. The highest BCUT2D eigenvalue weighted by Gasteiger charge is 2.32. The Bertz CT molecular complexity index is 725. The fraction of sp³-hybridized carbons (Fsp3) is 0.312. The molecule has 0 bridgehead atoms. The van der Waals surface area contributed by atoms with E-state index in [1.165, 1.54) is 0 Å². The Balaban J connectivity index is 2.20. The molecule has 1 heterocycles. The van der Waals surface area contributed by atoms with Crippen LogP contribution in [0, 0.1) is 0 Å². The summed E-state index contributed by atoms with van der Waals surface area (Å²) in [7, 11) is 0. The fourth-order valence-electron chi connectivity index (χ4n) is 2.16. The van der Waals surface area contributed by atoms with E-state index in [-0.39, 0.29) is 24.8 Å². The molecular weight excluding hydrogens is 460 g/mol. The maximum absolute atomic E-state index is 12.1. The second-order valence-corrected chi connectivity index (χ2v) is 6.65. The average Bonchev–Trinajstić information content (AvgIpc) is 2.80. The highest BCUT2D eigenvalue weighted by Crippen LogP contribution is 2.35. The lowest BCUT2D eigenvalue weighted by molar-refractivity contribution is -0.145. The van der Waals surface area contributed by atoms with Crippen molar-refractivity contribution >= 4 is 55.8 Å². The van der Waals surface area contributed by atoms with Crippen molar-refractivity contribution in [3.63, 3.8) is 0 Å². The van der Waals surface area contributed by atoms with E-state index in [2.05, 4.69) is 37.2 Å². The van der Waals surface area contributed by atoms with E-state index in [1.54, 1.807) is 32.1 Å². The first-order valence-corrected chi connectivity index (χ1v) is 9.08. The number of benzene rings is 1. The molecule has 0 unspecified atom stereocenters. The molecule has 1 saturated heterocycles. The van der Waals surface area contributed by atoms with E-state index >= 15 is 0 Å². The van der Waals surface area contributed by atoms with Gasteiger partial charge in [-0.1, -0.05) is 0 Å². The number of ether oxygens (including phenoxy) is 2. The van der Waals surface area contributed by atoms with E-state index in [9.17, 15) is 14.4 Å². The number of hydrogen-bond donors (Lipinski definition) is 1. The highest BCUT2D eigenvalue weighted by molar-refractivity contribution is 9.11. The normalized spacial score (nSPS) is 15.5. The summed E-state index contributed by atoms with van der Waals surface area (Å²) in [6.07, 6.45) is 1.57. The van der Waals surface area contributed by atoms with Crippen LogP contribution in [0.25, 0.3) is 6.08 Å². The van der Waals surface area contributed by atoms with Crippen LogP contribution in [0.3, 0.4) is 0 Å². The second-order valence-electron chi connectivity index (χ2n) is 4.94. The van der Waals surface area contributed by atoms with Crippen LogP contribution in [0.1, 0.15) is 19.4 Å². The zero-order chi connectivity index (χ0) is 18.6. The molecule has 0 aliphatic carbocycles. The van der Waals surface area contributed by atoms with Crippen molar-refractivity contribution in [3.05, 3.63) is 32.3 Å². The monoisotopic (exact) mass is 474 g/mol. The Labute approximate surface area is 161 Å². The van der Waals surface area contributed by atoms with Crippen LogP contribution in [0.5, 0.6) is 5.75 Å². The summed E-state index contributed by atoms with van der Waals surface area (Å²) in [5, 5.41) is 2.54. The van der Waals surface area contributed by atoms with E-state index in [4.69, 9.17) is 9.47 Å². The lowest BCUT2D eigenvalue weighted by Crippen LogP contribution is -2.30. The molecule has 0 radical (unpaired) electrons. The lowest BCUT2D eigenvalue weighted by Gasteiger charge is -2.11. The summed E-state index contributed by atoms with van der Waals surface area (Å²) in [6, 6.07) is 2.99. The van der Waals surface area contributed by atoms with Crippen molar-refractivity contribution in [2.45, 2.75) is 13.8 Å². The van der Waals surface area contributed by atoms with Gasteiger partial charge in [0.1, 0.15) is 11.4 Å². The number of imide groups is 1. The number of amides is 3. The second kappa shape index (κ2) is 8.48. The van der Waals surface area contributed by atoms with E-state index < -0.39 is 12.0 Å². The standard InChI is InChI=1S/C16H16Br2N2O5/c1-3-20-15(22)12(19-16(20)23)7-9-5-10(17)14(11(18)6-9)25-8-13(21)24-4-2/h5-7H,3-4,8H2,1-2H3,(H,19,23)/b12-7+. The van der Waals surface area contributed by atoms with Crippen LogP contribution >= 0.6 is 31.9 Å². The zero-order valence-corrected chi connectivity index (χ0v) is 16.8. The molecule has 0 aromatic heterocycles. The first kappa shape index (κ1) is 19.5. The molecule has 2 rings (SSSR count). The molecule has 1 N–H and O–H groups in total. The van der Waals surface area contributed by atoms with Gasteiger partial charge in [0, 0.05) is 6.54 Å². The Morgan fingerprint density at radius 1 is 1.24 bits per heavy atom. The predicted molar refractivity (Wildman–Crippen MR) is 97.9 cm³/mol. The predicted octanol–water partition coefficient (Wildman–Crippen LogP) is 3.07. The molecule has 1 aliphatic rings. The number of nitrogens with zero attached hydrogens (tertiary/aromatic N) is 1. The molecule has 7 nitrogen and oxygen atoms in total. The van der Waals surface area contributed by atoms with Crippen molar-refractivity contribution in [2.75, 3.05) is 19.8 Å². The van der Waals surface area contributed by atoms with Crippen molar-refractivity contribution in [1.82, 2.24) is 10.2 Å². The van der Waals surface area contributed by atoms with Gasteiger partial charge in [0.25, 0.3) is 5.91 Å². The quantitative estimate of drug-likeness (QED) is 0.388. The number of hydrogen-bond acceptors (Lipinski definition) is 5. The molecule has 9 heteroatoms. The summed E-state index contributed by atoms with van der Waals surface area (Å²) >= 11 is 6.74. The van der Waals surface area contributed by atoms with Crippen LogP contribution in [0.2, 0.25) is 0 Å². The van der Waals surface area contributed by atoms with Crippen molar-refractivity contribution in [1.29, 1.82) is 0 Å². The minimum absolute atomic E-state index is 0.200. The number of urea groups is 1. The van der Waals surface area contributed by atoms with Crippen LogP contribution in [0.15, 0.2) is 26.8 Å². The topological polar surface area (TPSA) is 84.9 Å². The van der Waals surface area contributed by atoms with Gasteiger partial charge in [-0.3, -0.25) is 9.69 Å². The van der Waals surface area contributed by atoms with Crippen molar-refractivity contribution in [2.24, 2.45) is 0 Å². The molecule has 0 atom stereocenters. The third kappa shape index (κ3) is 4.60. The van der Waals surface area contributed by atoms with Crippen LogP contribution in [-0.4, -0.2) is 42.6 Å². The fourth-order valence-corrected chi connectivity index (χ4v) is 3.61. The van der Waals surface area contributed by atoms with Gasteiger partial charge >= 0.3 is 12.0 Å². The largest absolute Gasteiger partial charge is 0.480 e. The molecule has 1 fully saturated rings. The summed E-state index contributed by atoms with van der Waals surface area (Å²) in [6.45, 7) is 3.81. The summed E-state index contributed by atoms with van der Waals surface area (Å²) in [5.41, 5.74) is 0.870. The number of halogens is 2. The van der Waals surface area contributed by atoms with Gasteiger partial charge in [0.2, 0.25) is 0 Å². The van der Waals surface area contributed by atoms with E-state index in [0.29, 0.717) is 26.8 Å². The molecule has 25 heavy (non-hydrogen) atoms. The summed E-state index contributed by atoms with van der Waals surface area (Å²) < 4.78 is 11.4. The number of esters is 1. The van der Waals surface area contributed by atoms with E-state index in [1.807, 2.05) is 0 Å². The van der Waals surface area contributed by atoms with Crippen molar-refractivity contribution in [3.8, 4) is 5.75 Å². The molecule has 0 spiro atoms. The first-order chi connectivity index (χ1) is 11.9. The van der Waals surface area contributed by atoms with Gasteiger partial charge in [-0.15, -0.1) is 0 Å².